The summed E-state index contributed by atoms with van der Waals surface area (Å²) in [5, 5.41) is 0. The molecule has 0 unspecified atom stereocenters. The molecule has 1 heterocycles. The van der Waals surface area contributed by atoms with E-state index in [9.17, 15) is 4.79 Å². The maximum atomic E-state index is 12.2. The number of ether oxygens (including phenoxy) is 1. The molecule has 0 aliphatic rings. The molecule has 0 radical (unpaired) electrons. The van der Waals surface area contributed by atoms with Gasteiger partial charge in [0.25, 0.3) is 5.91 Å². The molecule has 0 aliphatic heterocycles. The van der Waals surface area contributed by atoms with Gasteiger partial charge in [-0.3, -0.25) is 9.78 Å². The summed E-state index contributed by atoms with van der Waals surface area (Å²) in [4.78, 5) is 17.8. The molecule has 0 atom stereocenters. The Morgan fingerprint density at radius 2 is 1.95 bits per heavy atom. The van der Waals surface area contributed by atoms with Gasteiger partial charge in [-0.05, 0) is 36.4 Å². The molecule has 2 N–H and O–H groups in total. The number of anilines is 2. The van der Waals surface area contributed by atoms with Gasteiger partial charge in [-0.15, -0.1) is 0 Å². The van der Waals surface area contributed by atoms with Crippen molar-refractivity contribution >= 4 is 17.3 Å². The monoisotopic (exact) mass is 257 g/mol. The maximum Gasteiger partial charge on any atom is 0.276 e. The van der Waals surface area contributed by atoms with Crippen LogP contribution in [0.1, 0.15) is 10.5 Å². The molecule has 0 saturated carbocycles. The van der Waals surface area contributed by atoms with Crippen LogP contribution in [0.2, 0.25) is 0 Å². The number of nitrogens with zero attached hydrogens (tertiary/aromatic N) is 2. The van der Waals surface area contributed by atoms with E-state index in [1.54, 1.807) is 38.4 Å². The Morgan fingerprint density at radius 1 is 1.26 bits per heavy atom. The Labute approximate surface area is 111 Å². The van der Waals surface area contributed by atoms with Crippen LogP contribution in [0.3, 0.4) is 0 Å². The summed E-state index contributed by atoms with van der Waals surface area (Å²) in [5.74, 6) is 0.532. The number of methoxy groups -OCH3 is 1. The second-order valence-corrected chi connectivity index (χ2v) is 4.04. The molecule has 5 heteroatoms. The van der Waals surface area contributed by atoms with Gasteiger partial charge in [-0.2, -0.15) is 0 Å². The number of hydrogen-bond donors (Lipinski definition) is 1. The van der Waals surface area contributed by atoms with Crippen LogP contribution in [0.25, 0.3) is 0 Å². The molecular weight excluding hydrogens is 242 g/mol. The van der Waals surface area contributed by atoms with Crippen LogP contribution < -0.4 is 15.4 Å². The summed E-state index contributed by atoms with van der Waals surface area (Å²) in [6.45, 7) is 0. The topological polar surface area (TPSA) is 68.5 Å². The number of hydrogen-bond acceptors (Lipinski definition) is 4. The largest absolute Gasteiger partial charge is 0.497 e. The van der Waals surface area contributed by atoms with Crippen molar-refractivity contribution in [1.29, 1.82) is 0 Å². The van der Waals surface area contributed by atoms with E-state index < -0.39 is 0 Å². The van der Waals surface area contributed by atoms with Gasteiger partial charge in [0.15, 0.2) is 0 Å². The molecule has 1 amide bonds. The number of rotatable bonds is 3. The highest BCUT2D eigenvalue weighted by Gasteiger charge is 2.14. The number of nitrogen functional groups attached to an aromatic ring is 1. The molecule has 0 bridgehead atoms. The van der Waals surface area contributed by atoms with Crippen molar-refractivity contribution in [2.24, 2.45) is 0 Å². The standard InChI is InChI=1S/C14H15N3O2/c1-17(11-3-5-12(19-2)6-4-11)14(18)13-9-10(15)7-8-16-13/h3-9H,1-2H3,(H2,15,16). The molecule has 2 rings (SSSR count). The van der Waals surface area contributed by atoms with E-state index in [1.165, 1.54) is 11.1 Å². The van der Waals surface area contributed by atoms with Gasteiger partial charge in [-0.25, -0.2) is 0 Å². The fourth-order valence-electron chi connectivity index (χ4n) is 1.66. The molecule has 0 aliphatic carbocycles. The van der Waals surface area contributed by atoms with E-state index in [-0.39, 0.29) is 5.91 Å². The first-order valence-corrected chi connectivity index (χ1v) is 5.75. The summed E-state index contributed by atoms with van der Waals surface area (Å²) in [5.41, 5.74) is 7.24. The normalized spacial score (nSPS) is 10.0. The number of pyridine rings is 1. The minimum absolute atomic E-state index is 0.211. The highest BCUT2D eigenvalue weighted by Crippen LogP contribution is 2.19. The molecule has 0 fully saturated rings. The van der Waals surface area contributed by atoms with Crippen LogP contribution in [-0.4, -0.2) is 25.0 Å². The predicted octanol–water partition coefficient (Wildman–Crippen LogP) is 1.95. The quantitative estimate of drug-likeness (QED) is 0.912. The van der Waals surface area contributed by atoms with Crippen LogP contribution in [0, 0.1) is 0 Å². The third-order valence-corrected chi connectivity index (χ3v) is 2.77. The molecule has 1 aromatic carbocycles. The Kier molecular flexibility index (Phi) is 3.66. The number of carbonyl (C=O) groups excluding carboxylic acids is 1. The highest BCUT2D eigenvalue weighted by atomic mass is 16.5. The van der Waals surface area contributed by atoms with Gasteiger partial charge in [0.05, 0.1) is 7.11 Å². The van der Waals surface area contributed by atoms with Crippen LogP contribution in [0.4, 0.5) is 11.4 Å². The Morgan fingerprint density at radius 3 is 2.53 bits per heavy atom. The van der Waals surface area contributed by atoms with Crippen LogP contribution in [0.5, 0.6) is 5.75 Å². The van der Waals surface area contributed by atoms with Crippen molar-refractivity contribution in [2.45, 2.75) is 0 Å². The van der Waals surface area contributed by atoms with Gasteiger partial charge < -0.3 is 15.4 Å². The number of carbonyl (C=O) groups is 1. The van der Waals surface area contributed by atoms with Gasteiger partial charge in [0.1, 0.15) is 11.4 Å². The fraction of sp³-hybridized carbons (Fsp3) is 0.143. The van der Waals surface area contributed by atoms with Crippen molar-refractivity contribution in [3.05, 3.63) is 48.3 Å². The van der Waals surface area contributed by atoms with Crippen molar-refractivity contribution < 1.29 is 9.53 Å². The van der Waals surface area contributed by atoms with Gasteiger partial charge in [0.2, 0.25) is 0 Å². The van der Waals surface area contributed by atoms with E-state index in [0.29, 0.717) is 11.4 Å². The lowest BCUT2D eigenvalue weighted by Crippen LogP contribution is -2.27. The zero-order valence-electron chi connectivity index (χ0n) is 10.8. The number of aromatic nitrogens is 1. The van der Waals surface area contributed by atoms with Crippen molar-refractivity contribution in [3.8, 4) is 5.75 Å². The zero-order valence-corrected chi connectivity index (χ0v) is 10.8. The second kappa shape index (κ2) is 5.39. The average molecular weight is 257 g/mol. The number of nitrogens with two attached hydrogens (primary N) is 1. The molecule has 2 aromatic rings. The van der Waals surface area contributed by atoms with E-state index in [1.807, 2.05) is 12.1 Å². The smallest absolute Gasteiger partial charge is 0.276 e. The first kappa shape index (κ1) is 12.9. The predicted molar refractivity (Wildman–Crippen MR) is 74.4 cm³/mol. The number of amides is 1. The maximum absolute atomic E-state index is 12.2. The van der Waals surface area contributed by atoms with Crippen molar-refractivity contribution in [1.82, 2.24) is 4.98 Å². The minimum atomic E-state index is -0.211. The lowest BCUT2D eigenvalue weighted by Gasteiger charge is -2.17. The lowest BCUT2D eigenvalue weighted by atomic mass is 10.2. The first-order chi connectivity index (χ1) is 9.11. The molecule has 19 heavy (non-hydrogen) atoms. The highest BCUT2D eigenvalue weighted by molar-refractivity contribution is 6.04. The molecule has 5 nitrogen and oxygen atoms in total. The van der Waals surface area contributed by atoms with Gasteiger partial charge in [-0.1, -0.05) is 0 Å². The van der Waals surface area contributed by atoms with Crippen LogP contribution >= 0.6 is 0 Å². The van der Waals surface area contributed by atoms with Crippen molar-refractivity contribution in [2.75, 3.05) is 24.8 Å². The summed E-state index contributed by atoms with van der Waals surface area (Å²) >= 11 is 0. The average Bonchev–Trinajstić information content (AvgIpc) is 2.46. The summed E-state index contributed by atoms with van der Waals surface area (Å²) in [6.07, 6.45) is 1.52. The fourth-order valence-corrected chi connectivity index (χ4v) is 1.66. The molecular formula is C14H15N3O2. The Balaban J connectivity index is 2.23. The zero-order chi connectivity index (χ0) is 13.8. The third-order valence-electron chi connectivity index (χ3n) is 2.77. The Hall–Kier alpha value is -2.56. The van der Waals surface area contributed by atoms with E-state index in [0.717, 1.165) is 11.4 Å². The van der Waals surface area contributed by atoms with E-state index in [4.69, 9.17) is 10.5 Å². The molecule has 0 saturated heterocycles. The SMILES string of the molecule is COc1ccc(N(C)C(=O)c2cc(N)ccn2)cc1. The lowest BCUT2D eigenvalue weighted by molar-refractivity contribution is 0.0988. The van der Waals surface area contributed by atoms with Gasteiger partial charge >= 0.3 is 0 Å². The number of benzene rings is 1. The Bertz CT molecular complexity index is 581. The summed E-state index contributed by atoms with van der Waals surface area (Å²) < 4.78 is 5.08. The molecule has 98 valence electrons. The second-order valence-electron chi connectivity index (χ2n) is 4.04. The van der Waals surface area contributed by atoms with Gasteiger partial charge in [0, 0.05) is 24.6 Å². The summed E-state index contributed by atoms with van der Waals surface area (Å²) in [7, 11) is 3.29. The molecule has 1 aromatic heterocycles. The molecule has 0 spiro atoms. The van der Waals surface area contributed by atoms with Crippen LogP contribution in [-0.2, 0) is 0 Å². The third kappa shape index (κ3) is 2.82. The summed E-state index contributed by atoms with van der Waals surface area (Å²) in [6, 6.07) is 10.4. The van der Waals surface area contributed by atoms with E-state index >= 15 is 0 Å². The first-order valence-electron chi connectivity index (χ1n) is 5.75. The van der Waals surface area contributed by atoms with Crippen molar-refractivity contribution in [3.63, 3.8) is 0 Å². The minimum Gasteiger partial charge on any atom is -0.497 e. The van der Waals surface area contributed by atoms with E-state index in [2.05, 4.69) is 4.98 Å². The van der Waals surface area contributed by atoms with Crippen LogP contribution in [0.15, 0.2) is 42.6 Å².